The van der Waals surface area contributed by atoms with Crippen LogP contribution in [0.5, 0.6) is 5.75 Å². The van der Waals surface area contributed by atoms with Crippen molar-refractivity contribution in [3.63, 3.8) is 0 Å². The first-order valence-electron chi connectivity index (χ1n) is 8.51. The van der Waals surface area contributed by atoms with Gasteiger partial charge >= 0.3 is 0 Å². The van der Waals surface area contributed by atoms with Crippen LogP contribution in [0.1, 0.15) is 56.1 Å². The topological polar surface area (TPSA) is 41.8 Å². The summed E-state index contributed by atoms with van der Waals surface area (Å²) < 4.78 is 0. The quantitative estimate of drug-likeness (QED) is 0.788. The Hall–Kier alpha value is -1.51. The van der Waals surface area contributed by atoms with Crippen molar-refractivity contribution in [3.8, 4) is 5.75 Å². The van der Waals surface area contributed by atoms with Crippen molar-refractivity contribution < 1.29 is 9.94 Å². The average molecular weight is 299 g/mol. The summed E-state index contributed by atoms with van der Waals surface area (Å²) in [5.41, 5.74) is 4.53. The minimum absolute atomic E-state index is 0.410. The second kappa shape index (κ2) is 5.00. The fourth-order valence-corrected chi connectivity index (χ4v) is 5.57. The molecule has 2 saturated carbocycles. The zero-order valence-corrected chi connectivity index (χ0v) is 13.5. The molecule has 4 atom stereocenters. The van der Waals surface area contributed by atoms with Gasteiger partial charge in [0.2, 0.25) is 0 Å². The van der Waals surface area contributed by atoms with E-state index in [2.05, 4.69) is 18.1 Å². The molecule has 3 aliphatic carbocycles. The number of oxime groups is 1. The zero-order chi connectivity index (χ0) is 15.3. The molecule has 1 N–H and O–H groups in total. The molecule has 0 aromatic heterocycles. The van der Waals surface area contributed by atoms with Crippen LogP contribution in [-0.2, 0) is 11.3 Å². The van der Waals surface area contributed by atoms with Crippen molar-refractivity contribution in [2.45, 2.75) is 51.4 Å². The van der Waals surface area contributed by atoms with Crippen LogP contribution in [0.2, 0.25) is 0 Å². The molecule has 3 heteroatoms. The highest BCUT2D eigenvalue weighted by molar-refractivity contribution is 5.87. The molecule has 1 aromatic rings. The number of hydrogen-bond donors (Lipinski definition) is 1. The first-order valence-corrected chi connectivity index (χ1v) is 8.51. The Morgan fingerprint density at radius 1 is 1.32 bits per heavy atom. The standard InChI is InChI=1S/C19H25NO2/c1-19-8-7-16-15-6-4-14(21)9-12(15)3-5-17(16)18(19)10-13(11-19)20-22-2/h4,6,9,16-18,21H,3,5,7-8,10-11H2,1-2H3/b20-13+. The summed E-state index contributed by atoms with van der Waals surface area (Å²) in [5, 5.41) is 14.0. The second-order valence-corrected chi connectivity index (χ2v) is 7.71. The Balaban J connectivity index is 1.67. The molecule has 4 unspecified atom stereocenters. The van der Waals surface area contributed by atoms with E-state index in [4.69, 9.17) is 4.84 Å². The lowest BCUT2D eigenvalue weighted by molar-refractivity contribution is 0.0599. The van der Waals surface area contributed by atoms with Gasteiger partial charge < -0.3 is 9.94 Å². The third-order valence-corrected chi connectivity index (χ3v) is 6.51. The largest absolute Gasteiger partial charge is 0.508 e. The molecule has 3 nitrogen and oxygen atoms in total. The minimum atomic E-state index is 0.410. The first kappa shape index (κ1) is 14.1. The van der Waals surface area contributed by atoms with Gasteiger partial charge in [0.05, 0.1) is 5.71 Å². The molecule has 0 heterocycles. The number of aromatic hydroxyl groups is 1. The molecule has 118 valence electrons. The Kier molecular flexibility index (Phi) is 3.21. The second-order valence-electron chi connectivity index (χ2n) is 7.71. The van der Waals surface area contributed by atoms with Gasteiger partial charge in [-0.3, -0.25) is 0 Å². The molecule has 4 rings (SSSR count). The summed E-state index contributed by atoms with van der Waals surface area (Å²) in [7, 11) is 1.66. The van der Waals surface area contributed by atoms with E-state index in [1.807, 2.05) is 12.1 Å². The Bertz CT molecular complexity index is 624. The van der Waals surface area contributed by atoms with Crippen molar-refractivity contribution in [1.29, 1.82) is 0 Å². The molecule has 22 heavy (non-hydrogen) atoms. The van der Waals surface area contributed by atoms with Crippen LogP contribution in [-0.4, -0.2) is 17.9 Å². The molecule has 0 aliphatic heterocycles. The van der Waals surface area contributed by atoms with E-state index < -0.39 is 0 Å². The van der Waals surface area contributed by atoms with Gasteiger partial charge in [0.1, 0.15) is 12.9 Å². The van der Waals surface area contributed by atoms with E-state index in [1.54, 1.807) is 7.11 Å². The maximum atomic E-state index is 9.74. The number of hydrogen-bond acceptors (Lipinski definition) is 3. The van der Waals surface area contributed by atoms with Crippen LogP contribution >= 0.6 is 0 Å². The molecular formula is C19H25NO2. The van der Waals surface area contributed by atoms with Crippen LogP contribution in [0.3, 0.4) is 0 Å². The number of benzene rings is 1. The molecule has 1 aromatic carbocycles. The number of fused-ring (bicyclic) bond motifs is 5. The lowest BCUT2D eigenvalue weighted by Gasteiger charge is -2.48. The van der Waals surface area contributed by atoms with Gasteiger partial charge in [-0.2, -0.15) is 0 Å². The van der Waals surface area contributed by atoms with Gasteiger partial charge in [-0.1, -0.05) is 18.1 Å². The summed E-state index contributed by atoms with van der Waals surface area (Å²) >= 11 is 0. The van der Waals surface area contributed by atoms with Crippen LogP contribution in [0.4, 0.5) is 0 Å². The van der Waals surface area contributed by atoms with Gasteiger partial charge in [0, 0.05) is 0 Å². The highest BCUT2D eigenvalue weighted by Crippen LogP contribution is 2.60. The summed E-state index contributed by atoms with van der Waals surface area (Å²) in [5.74, 6) is 2.58. The average Bonchev–Trinajstić information content (AvgIpc) is 2.83. The number of nitrogens with zero attached hydrogens (tertiary/aromatic N) is 1. The van der Waals surface area contributed by atoms with Crippen LogP contribution in [0, 0.1) is 17.3 Å². The predicted molar refractivity (Wildman–Crippen MR) is 87.2 cm³/mol. The summed E-state index contributed by atoms with van der Waals surface area (Å²) in [6.45, 7) is 2.46. The lowest BCUT2D eigenvalue weighted by atomic mass is 9.56. The normalized spacial score (nSPS) is 38.3. The highest BCUT2D eigenvalue weighted by Gasteiger charge is 2.52. The maximum Gasteiger partial charge on any atom is 0.115 e. The molecule has 2 fully saturated rings. The van der Waals surface area contributed by atoms with Crippen molar-refractivity contribution in [3.05, 3.63) is 29.3 Å². The molecule has 0 amide bonds. The van der Waals surface area contributed by atoms with E-state index in [0.29, 0.717) is 17.1 Å². The van der Waals surface area contributed by atoms with Crippen molar-refractivity contribution in [2.75, 3.05) is 7.11 Å². The molecule has 0 bridgehead atoms. The van der Waals surface area contributed by atoms with Gasteiger partial charge in [-0.05, 0) is 85.0 Å². The van der Waals surface area contributed by atoms with Crippen LogP contribution < -0.4 is 0 Å². The maximum absolute atomic E-state index is 9.74. The van der Waals surface area contributed by atoms with E-state index >= 15 is 0 Å². The van der Waals surface area contributed by atoms with Gasteiger partial charge in [-0.25, -0.2) is 0 Å². The summed E-state index contributed by atoms with van der Waals surface area (Å²) in [6, 6.07) is 6.01. The number of rotatable bonds is 1. The molecule has 0 saturated heterocycles. The van der Waals surface area contributed by atoms with Gasteiger partial charge in [-0.15, -0.1) is 0 Å². The molecule has 3 aliphatic rings. The number of phenolic OH excluding ortho intramolecular Hbond substituents is 1. The van der Waals surface area contributed by atoms with Gasteiger partial charge in [0.15, 0.2) is 0 Å². The van der Waals surface area contributed by atoms with E-state index in [1.165, 1.54) is 36.1 Å². The molecular weight excluding hydrogens is 274 g/mol. The SMILES string of the molecule is CO/N=C1\CC2C3CCc4cc(O)ccc4C3CCC2(C)C1. The third-order valence-electron chi connectivity index (χ3n) is 6.51. The number of phenols is 1. The zero-order valence-electron chi connectivity index (χ0n) is 13.5. The Labute approximate surface area is 132 Å². The third kappa shape index (κ3) is 2.05. The number of aryl methyl sites for hydroxylation is 1. The fraction of sp³-hybridized carbons (Fsp3) is 0.632. The predicted octanol–water partition coefficient (Wildman–Crippen LogP) is 4.25. The van der Waals surface area contributed by atoms with Crippen LogP contribution in [0.25, 0.3) is 0 Å². The fourth-order valence-electron chi connectivity index (χ4n) is 5.57. The van der Waals surface area contributed by atoms with Gasteiger partial charge in [0.25, 0.3) is 0 Å². The lowest BCUT2D eigenvalue weighted by Crippen LogP contribution is -2.39. The van der Waals surface area contributed by atoms with Crippen LogP contribution in [0.15, 0.2) is 23.4 Å². The summed E-state index contributed by atoms with van der Waals surface area (Å²) in [6.07, 6.45) is 7.13. The molecule has 0 spiro atoms. The van der Waals surface area contributed by atoms with Crippen molar-refractivity contribution in [2.24, 2.45) is 22.4 Å². The Morgan fingerprint density at radius 2 is 2.18 bits per heavy atom. The highest BCUT2D eigenvalue weighted by atomic mass is 16.6. The van der Waals surface area contributed by atoms with Crippen molar-refractivity contribution >= 4 is 5.71 Å². The van der Waals surface area contributed by atoms with E-state index in [0.717, 1.165) is 31.1 Å². The Morgan fingerprint density at radius 3 is 3.00 bits per heavy atom. The minimum Gasteiger partial charge on any atom is -0.508 e. The molecule has 0 radical (unpaired) electrons. The first-order chi connectivity index (χ1) is 10.6. The summed E-state index contributed by atoms with van der Waals surface area (Å²) in [4.78, 5) is 5.04. The smallest absolute Gasteiger partial charge is 0.115 e. The monoisotopic (exact) mass is 299 g/mol. The van der Waals surface area contributed by atoms with E-state index in [9.17, 15) is 5.11 Å². The van der Waals surface area contributed by atoms with Crippen molar-refractivity contribution in [1.82, 2.24) is 0 Å². The van der Waals surface area contributed by atoms with E-state index in [-0.39, 0.29) is 0 Å².